The third kappa shape index (κ3) is 4.17. The molecule has 0 saturated carbocycles. The van der Waals surface area contributed by atoms with Crippen molar-refractivity contribution in [1.82, 2.24) is 20.1 Å². The van der Waals surface area contributed by atoms with Gasteiger partial charge in [0.2, 0.25) is 0 Å². The van der Waals surface area contributed by atoms with Gasteiger partial charge in [0.25, 0.3) is 5.91 Å². The van der Waals surface area contributed by atoms with Gasteiger partial charge in [-0.3, -0.25) is 9.78 Å². The van der Waals surface area contributed by atoms with E-state index in [1.165, 1.54) is 10.7 Å². The van der Waals surface area contributed by atoms with Gasteiger partial charge in [-0.25, -0.2) is 9.07 Å². The summed E-state index contributed by atoms with van der Waals surface area (Å²) >= 11 is 6.11. The average Bonchev–Trinajstić information content (AvgIpc) is 3.18. The Bertz CT molecular complexity index is 1160. The molecule has 0 aliphatic carbocycles. The highest BCUT2D eigenvalue weighted by molar-refractivity contribution is 6.30. The van der Waals surface area contributed by atoms with Crippen LogP contribution in [0.25, 0.3) is 16.9 Å². The number of rotatable bonds is 5. The molecule has 0 aliphatic heterocycles. The minimum absolute atomic E-state index is 0.273. The predicted octanol–water partition coefficient (Wildman–Crippen LogP) is 4.66. The minimum atomic E-state index is -0.412. The zero-order valence-electron chi connectivity index (χ0n) is 15.2. The molecule has 5 nitrogen and oxygen atoms in total. The molecule has 0 unspecified atom stereocenters. The van der Waals surface area contributed by atoms with Gasteiger partial charge in [-0.15, -0.1) is 0 Å². The van der Waals surface area contributed by atoms with E-state index in [1.807, 2.05) is 6.07 Å². The molecule has 0 bridgehead atoms. The summed E-state index contributed by atoms with van der Waals surface area (Å²) in [6.07, 6.45) is 3.35. The number of carbonyl (C=O) groups excluding carboxylic acids is 1. The molecular formula is C22H16ClFN4O. The minimum Gasteiger partial charge on any atom is -0.347 e. The van der Waals surface area contributed by atoms with Gasteiger partial charge < -0.3 is 5.32 Å². The fourth-order valence-corrected chi connectivity index (χ4v) is 3.11. The lowest BCUT2D eigenvalue weighted by Gasteiger charge is -2.08. The van der Waals surface area contributed by atoms with Gasteiger partial charge in [-0.1, -0.05) is 35.9 Å². The Hall–Kier alpha value is -3.51. The van der Waals surface area contributed by atoms with E-state index >= 15 is 0 Å². The number of nitrogens with zero attached hydrogens (tertiary/aromatic N) is 3. The number of benzene rings is 2. The second kappa shape index (κ2) is 8.24. The monoisotopic (exact) mass is 406 g/mol. The van der Waals surface area contributed by atoms with Gasteiger partial charge in [0, 0.05) is 29.5 Å². The standard InChI is InChI=1S/C22H16ClFN4O/c23-16-6-3-7-17(11-16)28-21(22(29)26-14-15-5-4-10-25-13-15)12-20(27-28)18-8-1-2-9-19(18)24/h1-13H,14H2,(H,26,29). The zero-order chi connectivity index (χ0) is 20.2. The van der Waals surface area contributed by atoms with E-state index in [9.17, 15) is 9.18 Å². The van der Waals surface area contributed by atoms with Crippen molar-refractivity contribution in [3.63, 3.8) is 0 Å². The molecule has 0 spiro atoms. The Kier molecular flexibility index (Phi) is 5.35. The number of nitrogens with one attached hydrogen (secondary N) is 1. The van der Waals surface area contributed by atoms with Crippen LogP contribution in [0.5, 0.6) is 0 Å². The Morgan fingerprint density at radius 2 is 1.93 bits per heavy atom. The molecule has 0 saturated heterocycles. The van der Waals surface area contributed by atoms with Gasteiger partial charge in [0.15, 0.2) is 0 Å². The van der Waals surface area contributed by atoms with Gasteiger partial charge in [-0.2, -0.15) is 5.10 Å². The molecule has 1 amide bonds. The lowest BCUT2D eigenvalue weighted by molar-refractivity contribution is 0.0943. The first-order chi connectivity index (χ1) is 14.1. The number of aromatic nitrogens is 3. The van der Waals surface area contributed by atoms with Crippen LogP contribution in [0.4, 0.5) is 4.39 Å². The van der Waals surface area contributed by atoms with Crippen molar-refractivity contribution in [2.45, 2.75) is 6.54 Å². The van der Waals surface area contributed by atoms with Gasteiger partial charge in [-0.05, 0) is 48.0 Å². The van der Waals surface area contributed by atoms with E-state index in [-0.39, 0.29) is 11.6 Å². The van der Waals surface area contributed by atoms with Crippen molar-refractivity contribution in [3.8, 4) is 16.9 Å². The van der Waals surface area contributed by atoms with Crippen LogP contribution >= 0.6 is 11.6 Å². The maximum absolute atomic E-state index is 14.3. The van der Waals surface area contributed by atoms with E-state index in [0.29, 0.717) is 28.5 Å². The molecule has 1 N–H and O–H groups in total. The SMILES string of the molecule is O=C(NCc1cccnc1)c1cc(-c2ccccc2F)nn1-c1cccc(Cl)c1. The summed E-state index contributed by atoms with van der Waals surface area (Å²) in [5, 5.41) is 7.83. The van der Waals surface area contributed by atoms with E-state index < -0.39 is 5.82 Å². The van der Waals surface area contributed by atoms with E-state index in [4.69, 9.17) is 11.6 Å². The van der Waals surface area contributed by atoms with Crippen LogP contribution in [0.2, 0.25) is 5.02 Å². The molecule has 0 aliphatic rings. The highest BCUT2D eigenvalue weighted by Crippen LogP contribution is 2.25. The Balaban J connectivity index is 1.72. The summed E-state index contributed by atoms with van der Waals surface area (Å²) in [5.74, 6) is -0.755. The van der Waals surface area contributed by atoms with Crippen molar-refractivity contribution in [3.05, 3.63) is 101 Å². The number of amides is 1. The average molecular weight is 407 g/mol. The second-order valence-corrected chi connectivity index (χ2v) is 6.77. The number of pyridine rings is 1. The lowest BCUT2D eigenvalue weighted by atomic mass is 10.1. The van der Waals surface area contributed by atoms with Crippen LogP contribution in [0.15, 0.2) is 79.1 Å². The fraction of sp³-hybridized carbons (Fsp3) is 0.0455. The third-order valence-corrected chi connectivity index (χ3v) is 4.56. The van der Waals surface area contributed by atoms with Gasteiger partial charge in [0.05, 0.1) is 11.4 Å². The quantitative estimate of drug-likeness (QED) is 0.524. The maximum Gasteiger partial charge on any atom is 0.270 e. The fourth-order valence-electron chi connectivity index (χ4n) is 2.92. The number of carbonyl (C=O) groups is 1. The van der Waals surface area contributed by atoms with E-state index in [1.54, 1.807) is 67.0 Å². The largest absolute Gasteiger partial charge is 0.347 e. The molecule has 2 aromatic carbocycles. The molecule has 4 rings (SSSR count). The third-order valence-electron chi connectivity index (χ3n) is 4.32. The Morgan fingerprint density at radius 3 is 2.69 bits per heavy atom. The Morgan fingerprint density at radius 1 is 1.07 bits per heavy atom. The molecule has 7 heteroatoms. The van der Waals surface area contributed by atoms with E-state index in [0.717, 1.165) is 5.56 Å². The van der Waals surface area contributed by atoms with Crippen LogP contribution in [0.1, 0.15) is 16.1 Å². The van der Waals surface area contributed by atoms with Crippen molar-refractivity contribution in [2.75, 3.05) is 0 Å². The van der Waals surface area contributed by atoms with Crippen LogP contribution in [-0.4, -0.2) is 20.7 Å². The van der Waals surface area contributed by atoms with Gasteiger partial charge >= 0.3 is 0 Å². The van der Waals surface area contributed by atoms with Crippen molar-refractivity contribution >= 4 is 17.5 Å². The number of hydrogen-bond acceptors (Lipinski definition) is 3. The van der Waals surface area contributed by atoms with Crippen molar-refractivity contribution < 1.29 is 9.18 Å². The molecule has 4 aromatic rings. The van der Waals surface area contributed by atoms with Gasteiger partial charge in [0.1, 0.15) is 11.5 Å². The Labute approximate surface area is 171 Å². The number of hydrogen-bond donors (Lipinski definition) is 1. The molecule has 0 radical (unpaired) electrons. The predicted molar refractivity (Wildman–Crippen MR) is 109 cm³/mol. The first kappa shape index (κ1) is 18.8. The van der Waals surface area contributed by atoms with E-state index in [2.05, 4.69) is 15.4 Å². The highest BCUT2D eigenvalue weighted by Gasteiger charge is 2.19. The highest BCUT2D eigenvalue weighted by atomic mass is 35.5. The molecule has 29 heavy (non-hydrogen) atoms. The topological polar surface area (TPSA) is 59.8 Å². The smallest absolute Gasteiger partial charge is 0.270 e. The van der Waals surface area contributed by atoms with Crippen molar-refractivity contribution in [2.24, 2.45) is 0 Å². The summed E-state index contributed by atoms with van der Waals surface area (Å²) < 4.78 is 15.7. The lowest BCUT2D eigenvalue weighted by Crippen LogP contribution is -2.25. The zero-order valence-corrected chi connectivity index (χ0v) is 16.0. The summed E-state index contributed by atoms with van der Waals surface area (Å²) in [7, 11) is 0. The molecule has 2 heterocycles. The first-order valence-corrected chi connectivity index (χ1v) is 9.27. The second-order valence-electron chi connectivity index (χ2n) is 6.33. The molecule has 0 atom stereocenters. The van der Waals surface area contributed by atoms with Crippen LogP contribution in [0.3, 0.4) is 0 Å². The molecule has 2 aromatic heterocycles. The first-order valence-electron chi connectivity index (χ1n) is 8.90. The maximum atomic E-state index is 14.3. The normalized spacial score (nSPS) is 10.7. The molecule has 0 fully saturated rings. The summed E-state index contributed by atoms with van der Waals surface area (Å²) in [6.45, 7) is 0.308. The summed E-state index contributed by atoms with van der Waals surface area (Å²) in [5.41, 5.74) is 2.41. The number of halogens is 2. The van der Waals surface area contributed by atoms with Crippen LogP contribution in [0, 0.1) is 5.82 Å². The van der Waals surface area contributed by atoms with Crippen LogP contribution in [-0.2, 0) is 6.54 Å². The summed E-state index contributed by atoms with van der Waals surface area (Å²) in [6, 6.07) is 18.5. The van der Waals surface area contributed by atoms with Crippen LogP contribution < -0.4 is 5.32 Å². The molecule has 144 valence electrons. The van der Waals surface area contributed by atoms with Crippen molar-refractivity contribution in [1.29, 1.82) is 0 Å². The molecular weight excluding hydrogens is 391 g/mol. The summed E-state index contributed by atoms with van der Waals surface area (Å²) in [4.78, 5) is 16.9.